The lowest BCUT2D eigenvalue weighted by Crippen LogP contribution is -2.07. The van der Waals surface area contributed by atoms with Crippen molar-refractivity contribution in [1.82, 2.24) is 0 Å². The fourth-order valence-corrected chi connectivity index (χ4v) is 2.13. The molecule has 1 aliphatic rings. The summed E-state index contributed by atoms with van der Waals surface area (Å²) in [6, 6.07) is 6.62. The Hall–Kier alpha value is -1.38. The van der Waals surface area contributed by atoms with Gasteiger partial charge in [-0.1, -0.05) is 42.6 Å². The summed E-state index contributed by atoms with van der Waals surface area (Å²) in [7, 11) is 0. The van der Waals surface area contributed by atoms with Gasteiger partial charge in [-0.3, -0.25) is 0 Å². The highest BCUT2D eigenvalue weighted by Crippen LogP contribution is 2.21. The van der Waals surface area contributed by atoms with Gasteiger partial charge in [0.05, 0.1) is 0 Å². The van der Waals surface area contributed by atoms with Crippen LogP contribution in [0.5, 0.6) is 0 Å². The molecule has 0 spiro atoms. The summed E-state index contributed by atoms with van der Waals surface area (Å²) in [5, 5.41) is 3.94. The summed E-state index contributed by atoms with van der Waals surface area (Å²) in [6.07, 6.45) is 8.17. The molecule has 1 aromatic carbocycles. The summed E-state index contributed by atoms with van der Waals surface area (Å²) in [5.41, 5.74) is 0.549. The maximum absolute atomic E-state index is 13.2. The molecule has 0 aliphatic heterocycles. The second kappa shape index (κ2) is 6.38. The Bertz CT molecular complexity index is 372. The molecule has 0 heterocycles. The molecule has 1 aromatic rings. The van der Waals surface area contributed by atoms with Gasteiger partial charge in [-0.05, 0) is 24.8 Å². The zero-order valence-corrected chi connectivity index (χ0v) is 9.94. The van der Waals surface area contributed by atoms with Gasteiger partial charge in [-0.2, -0.15) is 0 Å². The maximum Gasteiger partial charge on any atom is 0.145 e. The summed E-state index contributed by atoms with van der Waals surface area (Å²) in [5.74, 6) is 0.310. The van der Waals surface area contributed by atoms with Crippen LogP contribution in [0.15, 0.2) is 29.4 Å². The summed E-state index contributed by atoms with van der Waals surface area (Å²) in [4.78, 5) is 5.13. The van der Waals surface area contributed by atoms with Crippen LogP contribution in [0.3, 0.4) is 0 Å². The van der Waals surface area contributed by atoms with Crippen LogP contribution in [0.2, 0.25) is 0 Å². The van der Waals surface area contributed by atoms with E-state index in [0.29, 0.717) is 11.5 Å². The molecular formula is C14H18FNO. The van der Waals surface area contributed by atoms with E-state index in [1.165, 1.54) is 38.2 Å². The van der Waals surface area contributed by atoms with E-state index in [-0.39, 0.29) is 12.4 Å². The molecule has 1 aliphatic carbocycles. The quantitative estimate of drug-likeness (QED) is 0.572. The van der Waals surface area contributed by atoms with Gasteiger partial charge in [0.2, 0.25) is 0 Å². The first kappa shape index (κ1) is 12.1. The molecule has 0 bridgehead atoms. The SMILES string of the molecule is Fc1ccccc1CON=CC1CCCCC1. The average molecular weight is 235 g/mol. The van der Waals surface area contributed by atoms with E-state index in [0.717, 1.165) is 0 Å². The van der Waals surface area contributed by atoms with Gasteiger partial charge >= 0.3 is 0 Å². The normalized spacial score (nSPS) is 17.5. The van der Waals surface area contributed by atoms with Crippen molar-refractivity contribution in [2.24, 2.45) is 11.1 Å². The minimum atomic E-state index is -0.236. The third-order valence-corrected chi connectivity index (χ3v) is 3.17. The van der Waals surface area contributed by atoms with Crippen molar-refractivity contribution in [3.63, 3.8) is 0 Å². The highest BCUT2D eigenvalue weighted by molar-refractivity contribution is 5.59. The highest BCUT2D eigenvalue weighted by atomic mass is 19.1. The summed E-state index contributed by atoms with van der Waals surface area (Å²) in [6.45, 7) is 0.204. The van der Waals surface area contributed by atoms with Crippen LogP contribution in [0.1, 0.15) is 37.7 Å². The molecule has 3 heteroatoms. The third kappa shape index (κ3) is 3.84. The molecule has 0 amide bonds. The number of nitrogens with zero attached hydrogens (tertiary/aromatic N) is 1. The van der Waals surface area contributed by atoms with Gasteiger partial charge in [0, 0.05) is 11.8 Å². The number of oxime groups is 1. The smallest absolute Gasteiger partial charge is 0.145 e. The van der Waals surface area contributed by atoms with E-state index in [1.54, 1.807) is 18.2 Å². The van der Waals surface area contributed by atoms with Gasteiger partial charge < -0.3 is 4.84 Å². The van der Waals surface area contributed by atoms with Crippen LogP contribution in [0.25, 0.3) is 0 Å². The largest absolute Gasteiger partial charge is 0.391 e. The van der Waals surface area contributed by atoms with E-state index in [4.69, 9.17) is 4.84 Å². The van der Waals surface area contributed by atoms with Gasteiger partial charge in [-0.25, -0.2) is 4.39 Å². The van der Waals surface area contributed by atoms with Gasteiger partial charge in [0.15, 0.2) is 0 Å². The number of hydrogen-bond donors (Lipinski definition) is 0. The topological polar surface area (TPSA) is 21.6 Å². The Kier molecular flexibility index (Phi) is 4.54. The van der Waals surface area contributed by atoms with E-state index >= 15 is 0 Å². The third-order valence-electron chi connectivity index (χ3n) is 3.17. The van der Waals surface area contributed by atoms with E-state index in [9.17, 15) is 4.39 Å². The maximum atomic E-state index is 13.2. The molecule has 2 rings (SSSR count). The van der Waals surface area contributed by atoms with Gasteiger partial charge in [0.1, 0.15) is 12.4 Å². The molecular weight excluding hydrogens is 217 g/mol. The van der Waals surface area contributed by atoms with Crippen molar-refractivity contribution in [2.45, 2.75) is 38.7 Å². The van der Waals surface area contributed by atoms with Gasteiger partial charge in [-0.15, -0.1) is 0 Å². The van der Waals surface area contributed by atoms with Crippen LogP contribution in [-0.4, -0.2) is 6.21 Å². The fraction of sp³-hybridized carbons (Fsp3) is 0.500. The van der Waals surface area contributed by atoms with Crippen molar-refractivity contribution < 1.29 is 9.23 Å². The number of rotatable bonds is 4. The van der Waals surface area contributed by atoms with Crippen LogP contribution in [0, 0.1) is 11.7 Å². The standard InChI is InChI=1S/C14H18FNO/c15-14-9-5-4-8-13(14)11-17-16-10-12-6-2-1-3-7-12/h4-5,8-10,12H,1-3,6-7,11H2. The molecule has 0 saturated heterocycles. The van der Waals surface area contributed by atoms with Crippen molar-refractivity contribution in [3.8, 4) is 0 Å². The van der Waals surface area contributed by atoms with Crippen LogP contribution in [0.4, 0.5) is 4.39 Å². The molecule has 0 aromatic heterocycles. The molecule has 92 valence electrons. The lowest BCUT2D eigenvalue weighted by Gasteiger charge is -2.16. The second-order valence-corrected chi connectivity index (χ2v) is 4.52. The first-order valence-electron chi connectivity index (χ1n) is 6.25. The van der Waals surface area contributed by atoms with Crippen LogP contribution in [-0.2, 0) is 11.4 Å². The molecule has 2 nitrogen and oxygen atoms in total. The zero-order chi connectivity index (χ0) is 11.9. The predicted molar refractivity (Wildman–Crippen MR) is 66.3 cm³/mol. The average Bonchev–Trinajstić information content (AvgIpc) is 2.38. The summed E-state index contributed by atoms with van der Waals surface area (Å²) >= 11 is 0. The van der Waals surface area contributed by atoms with Crippen molar-refractivity contribution in [3.05, 3.63) is 35.6 Å². The first-order valence-corrected chi connectivity index (χ1v) is 6.25. The number of hydrogen-bond acceptors (Lipinski definition) is 2. The minimum Gasteiger partial charge on any atom is -0.391 e. The lowest BCUT2D eigenvalue weighted by molar-refractivity contribution is 0.127. The summed E-state index contributed by atoms with van der Waals surface area (Å²) < 4.78 is 13.2. The highest BCUT2D eigenvalue weighted by Gasteiger charge is 2.10. The molecule has 0 atom stereocenters. The molecule has 0 unspecified atom stereocenters. The number of halogens is 1. The Labute approximate surface area is 101 Å². The van der Waals surface area contributed by atoms with Gasteiger partial charge in [0.25, 0.3) is 0 Å². The lowest BCUT2D eigenvalue weighted by atomic mass is 9.90. The zero-order valence-electron chi connectivity index (χ0n) is 9.94. The second-order valence-electron chi connectivity index (χ2n) is 4.52. The first-order chi connectivity index (χ1) is 8.36. The van der Waals surface area contributed by atoms with E-state index < -0.39 is 0 Å². The minimum absolute atomic E-state index is 0.204. The molecule has 1 fully saturated rings. The molecule has 0 N–H and O–H groups in total. The Morgan fingerprint density at radius 1 is 1.24 bits per heavy atom. The van der Waals surface area contributed by atoms with E-state index in [1.807, 2.05) is 6.21 Å². The Morgan fingerprint density at radius 2 is 2.00 bits per heavy atom. The van der Waals surface area contributed by atoms with Crippen molar-refractivity contribution in [1.29, 1.82) is 0 Å². The van der Waals surface area contributed by atoms with Crippen molar-refractivity contribution >= 4 is 6.21 Å². The number of benzene rings is 1. The molecule has 17 heavy (non-hydrogen) atoms. The molecule has 1 saturated carbocycles. The Morgan fingerprint density at radius 3 is 2.76 bits per heavy atom. The molecule has 0 radical (unpaired) electrons. The van der Waals surface area contributed by atoms with E-state index in [2.05, 4.69) is 5.16 Å². The van der Waals surface area contributed by atoms with Crippen LogP contribution >= 0.6 is 0 Å². The van der Waals surface area contributed by atoms with Crippen LogP contribution < -0.4 is 0 Å². The predicted octanol–water partition coefficient (Wildman–Crippen LogP) is 3.91. The monoisotopic (exact) mass is 235 g/mol. The van der Waals surface area contributed by atoms with Crippen molar-refractivity contribution in [2.75, 3.05) is 0 Å². The fourth-order valence-electron chi connectivity index (χ4n) is 2.13. The Balaban J connectivity index is 1.75.